The fraction of sp³-hybridized carbons (Fsp3) is 0.667. The molecule has 2 rings (SSSR count). The molecule has 0 aliphatic rings. The van der Waals surface area contributed by atoms with Crippen molar-refractivity contribution in [3.63, 3.8) is 0 Å². The Morgan fingerprint density at radius 3 is 2.00 bits per heavy atom. The summed E-state index contributed by atoms with van der Waals surface area (Å²) >= 11 is 7.15. The van der Waals surface area contributed by atoms with Crippen molar-refractivity contribution in [2.45, 2.75) is 71.8 Å². The van der Waals surface area contributed by atoms with E-state index in [4.69, 9.17) is 10.2 Å². The summed E-state index contributed by atoms with van der Waals surface area (Å²) in [6, 6.07) is 4.04. The molecule has 1 aromatic carbocycles. The Hall–Kier alpha value is -0.420. The molecule has 0 aliphatic heterocycles. The fourth-order valence-corrected chi connectivity index (χ4v) is 3.76. The van der Waals surface area contributed by atoms with Crippen LogP contribution in [-0.2, 0) is 6.54 Å². The molecule has 2 aromatic rings. The van der Waals surface area contributed by atoms with E-state index >= 15 is 0 Å². The second-order valence-electron chi connectivity index (χ2n) is 6.34. The highest BCUT2D eigenvalue weighted by Gasteiger charge is 2.14. The second-order valence-corrected chi connectivity index (χ2v) is 8.05. The second kappa shape index (κ2) is 9.77. The van der Waals surface area contributed by atoms with Gasteiger partial charge in [-0.1, -0.05) is 52.4 Å². The van der Waals surface area contributed by atoms with Gasteiger partial charge in [0.25, 0.3) is 0 Å². The molecule has 0 radical (unpaired) electrons. The number of fused-ring (bicyclic) bond motifs is 1. The van der Waals surface area contributed by atoms with Gasteiger partial charge in [-0.2, -0.15) is 15.0 Å². The molecule has 0 amide bonds. The minimum absolute atomic E-state index is 0.686. The molecule has 1 heterocycles. The standard InChI is InChI=1S/C18H27Br2N3/c1-3-5-7-8-10-14(9-6-4-2)13-23-21-17-15(19)11-12-16(20)18(17)22-23/h11-12,14H,3-10,13H2,1-2H3. The van der Waals surface area contributed by atoms with Gasteiger partial charge < -0.3 is 0 Å². The Bertz CT molecular complexity index is 571. The highest BCUT2D eigenvalue weighted by atomic mass is 79.9. The molecule has 3 nitrogen and oxygen atoms in total. The fourth-order valence-electron chi connectivity index (χ4n) is 2.97. The smallest absolute Gasteiger partial charge is 0.128 e. The van der Waals surface area contributed by atoms with E-state index < -0.39 is 0 Å². The summed E-state index contributed by atoms with van der Waals surface area (Å²) in [6.07, 6.45) is 10.5. The van der Waals surface area contributed by atoms with Crippen LogP contribution in [0.4, 0.5) is 0 Å². The lowest BCUT2D eigenvalue weighted by Gasteiger charge is -2.15. The van der Waals surface area contributed by atoms with Gasteiger partial charge in [0.15, 0.2) is 0 Å². The van der Waals surface area contributed by atoms with Gasteiger partial charge in [-0.15, -0.1) is 0 Å². The average molecular weight is 445 g/mol. The minimum Gasteiger partial charge on any atom is -0.183 e. The van der Waals surface area contributed by atoms with Gasteiger partial charge in [0.1, 0.15) is 11.0 Å². The molecular formula is C18H27Br2N3. The summed E-state index contributed by atoms with van der Waals surface area (Å²) in [5, 5.41) is 9.39. The first-order valence-corrected chi connectivity index (χ1v) is 10.4. The van der Waals surface area contributed by atoms with Crippen molar-refractivity contribution in [1.29, 1.82) is 0 Å². The molecule has 0 saturated heterocycles. The third-order valence-electron chi connectivity index (χ3n) is 4.34. The van der Waals surface area contributed by atoms with Crippen LogP contribution in [0.25, 0.3) is 11.0 Å². The van der Waals surface area contributed by atoms with E-state index in [1.807, 2.05) is 16.9 Å². The van der Waals surface area contributed by atoms with Gasteiger partial charge in [-0.05, 0) is 62.8 Å². The zero-order valence-electron chi connectivity index (χ0n) is 14.2. The zero-order chi connectivity index (χ0) is 16.7. The van der Waals surface area contributed by atoms with Gasteiger partial charge in [-0.3, -0.25) is 0 Å². The predicted octanol–water partition coefficient (Wildman–Crippen LogP) is 6.73. The number of hydrogen-bond acceptors (Lipinski definition) is 2. The topological polar surface area (TPSA) is 30.7 Å². The van der Waals surface area contributed by atoms with E-state index in [0.717, 1.165) is 26.5 Å². The normalized spacial score (nSPS) is 12.9. The van der Waals surface area contributed by atoms with Crippen molar-refractivity contribution >= 4 is 42.9 Å². The number of nitrogens with zero attached hydrogens (tertiary/aromatic N) is 3. The average Bonchev–Trinajstić information content (AvgIpc) is 2.97. The van der Waals surface area contributed by atoms with Gasteiger partial charge in [0, 0.05) is 8.95 Å². The van der Waals surface area contributed by atoms with Crippen molar-refractivity contribution in [3.8, 4) is 0 Å². The van der Waals surface area contributed by atoms with Crippen LogP contribution in [-0.4, -0.2) is 15.0 Å². The van der Waals surface area contributed by atoms with Crippen molar-refractivity contribution in [1.82, 2.24) is 15.0 Å². The SMILES string of the molecule is CCCCCCC(CCCC)Cn1nc2c(Br)ccc(Br)c2n1. The van der Waals surface area contributed by atoms with Crippen LogP contribution in [0.3, 0.4) is 0 Å². The highest BCUT2D eigenvalue weighted by Crippen LogP contribution is 2.28. The van der Waals surface area contributed by atoms with E-state index in [1.54, 1.807) is 0 Å². The Morgan fingerprint density at radius 2 is 1.43 bits per heavy atom. The highest BCUT2D eigenvalue weighted by molar-refractivity contribution is 9.11. The number of hydrogen-bond donors (Lipinski definition) is 0. The molecule has 0 bridgehead atoms. The predicted molar refractivity (Wildman–Crippen MR) is 105 cm³/mol. The molecule has 1 unspecified atom stereocenters. The van der Waals surface area contributed by atoms with Crippen LogP contribution in [0, 0.1) is 5.92 Å². The van der Waals surface area contributed by atoms with E-state index in [1.165, 1.54) is 51.4 Å². The maximum atomic E-state index is 4.69. The van der Waals surface area contributed by atoms with Crippen molar-refractivity contribution < 1.29 is 0 Å². The molecule has 0 aliphatic carbocycles. The summed E-state index contributed by atoms with van der Waals surface area (Å²) in [4.78, 5) is 1.90. The Morgan fingerprint density at radius 1 is 0.870 bits per heavy atom. The van der Waals surface area contributed by atoms with Crippen LogP contribution in [0.2, 0.25) is 0 Å². The van der Waals surface area contributed by atoms with Gasteiger partial charge in [0.2, 0.25) is 0 Å². The largest absolute Gasteiger partial charge is 0.183 e. The first-order valence-electron chi connectivity index (χ1n) is 8.84. The first-order chi connectivity index (χ1) is 11.2. The van der Waals surface area contributed by atoms with Gasteiger partial charge in [0.05, 0.1) is 6.54 Å². The van der Waals surface area contributed by atoms with E-state index in [2.05, 4.69) is 45.7 Å². The summed E-state index contributed by atoms with van der Waals surface area (Å²) in [7, 11) is 0. The number of aromatic nitrogens is 3. The summed E-state index contributed by atoms with van der Waals surface area (Å²) in [5.74, 6) is 0.686. The Kier molecular flexibility index (Phi) is 8.04. The number of halogens is 2. The van der Waals surface area contributed by atoms with Crippen LogP contribution >= 0.6 is 31.9 Å². The van der Waals surface area contributed by atoms with Crippen molar-refractivity contribution in [2.75, 3.05) is 0 Å². The first kappa shape index (κ1) is 18.9. The molecule has 0 saturated carbocycles. The lowest BCUT2D eigenvalue weighted by atomic mass is 9.95. The van der Waals surface area contributed by atoms with Crippen LogP contribution < -0.4 is 0 Å². The molecule has 128 valence electrons. The molecule has 0 N–H and O–H groups in total. The number of rotatable bonds is 10. The Labute approximate surface area is 156 Å². The van der Waals surface area contributed by atoms with Crippen LogP contribution in [0.1, 0.15) is 65.2 Å². The van der Waals surface area contributed by atoms with Gasteiger partial charge >= 0.3 is 0 Å². The Balaban J connectivity index is 2.05. The lowest BCUT2D eigenvalue weighted by molar-refractivity contribution is 0.330. The van der Waals surface area contributed by atoms with Gasteiger partial charge in [-0.25, -0.2) is 0 Å². The summed E-state index contributed by atoms with van der Waals surface area (Å²) in [5.41, 5.74) is 1.89. The van der Waals surface area contributed by atoms with E-state index in [9.17, 15) is 0 Å². The number of benzene rings is 1. The minimum atomic E-state index is 0.686. The van der Waals surface area contributed by atoms with Crippen LogP contribution in [0.5, 0.6) is 0 Å². The molecule has 1 aromatic heterocycles. The summed E-state index contributed by atoms with van der Waals surface area (Å²) in [6.45, 7) is 5.46. The van der Waals surface area contributed by atoms with Crippen LogP contribution in [0.15, 0.2) is 21.1 Å². The third-order valence-corrected chi connectivity index (χ3v) is 5.62. The quantitative estimate of drug-likeness (QED) is 0.380. The van der Waals surface area contributed by atoms with Crippen molar-refractivity contribution in [2.24, 2.45) is 5.92 Å². The molecule has 23 heavy (non-hydrogen) atoms. The maximum Gasteiger partial charge on any atom is 0.128 e. The molecule has 0 fully saturated rings. The maximum absolute atomic E-state index is 4.69. The van der Waals surface area contributed by atoms with E-state index in [-0.39, 0.29) is 0 Å². The number of unbranched alkanes of at least 4 members (excludes halogenated alkanes) is 4. The monoisotopic (exact) mass is 443 g/mol. The third kappa shape index (κ3) is 5.56. The molecule has 5 heteroatoms. The molecular weight excluding hydrogens is 418 g/mol. The lowest BCUT2D eigenvalue weighted by Crippen LogP contribution is -2.13. The zero-order valence-corrected chi connectivity index (χ0v) is 17.4. The molecule has 0 spiro atoms. The summed E-state index contributed by atoms with van der Waals surface area (Å²) < 4.78 is 2.02. The van der Waals surface area contributed by atoms with E-state index in [0.29, 0.717) is 5.92 Å². The van der Waals surface area contributed by atoms with Crippen molar-refractivity contribution in [3.05, 3.63) is 21.1 Å². The molecule has 1 atom stereocenters.